The number of anilines is 1. The van der Waals surface area contributed by atoms with E-state index in [0.29, 0.717) is 17.1 Å². The van der Waals surface area contributed by atoms with Crippen molar-refractivity contribution in [2.45, 2.75) is 26.3 Å². The van der Waals surface area contributed by atoms with Crippen molar-refractivity contribution in [1.29, 1.82) is 0 Å². The third-order valence-corrected chi connectivity index (χ3v) is 3.29. The van der Waals surface area contributed by atoms with Gasteiger partial charge in [-0.25, -0.2) is 0 Å². The molecule has 0 aliphatic rings. The maximum absolute atomic E-state index is 12.1. The molecule has 0 saturated carbocycles. The summed E-state index contributed by atoms with van der Waals surface area (Å²) in [6, 6.07) is 4.43. The van der Waals surface area contributed by atoms with Gasteiger partial charge in [0.1, 0.15) is 5.75 Å². The monoisotopic (exact) mass is 348 g/mol. The van der Waals surface area contributed by atoms with Crippen molar-refractivity contribution in [3.63, 3.8) is 0 Å². The summed E-state index contributed by atoms with van der Waals surface area (Å²) in [6.07, 6.45) is -4.76. The summed E-state index contributed by atoms with van der Waals surface area (Å²) in [7, 11) is 1.71. The number of alkyl halides is 3. The number of benzene rings is 1. The first kappa shape index (κ1) is 19.8. The lowest BCUT2D eigenvalue weighted by Crippen LogP contribution is -3.15. The van der Waals surface area contributed by atoms with Gasteiger partial charge < -0.3 is 20.3 Å². The van der Waals surface area contributed by atoms with Crippen LogP contribution in [0, 0.1) is 0 Å². The fourth-order valence-corrected chi connectivity index (χ4v) is 1.90. The zero-order chi connectivity index (χ0) is 18.3. The first-order valence-electron chi connectivity index (χ1n) is 7.38. The van der Waals surface area contributed by atoms with Crippen molar-refractivity contribution in [2.75, 3.05) is 25.5 Å². The van der Waals surface area contributed by atoms with Crippen LogP contribution in [0.2, 0.25) is 0 Å². The maximum Gasteiger partial charge on any atom is 0.573 e. The molecule has 0 aromatic heterocycles. The van der Waals surface area contributed by atoms with Gasteiger partial charge in [0.05, 0.1) is 7.05 Å². The molecule has 6 nitrogen and oxygen atoms in total. The predicted molar refractivity (Wildman–Crippen MR) is 81.7 cm³/mol. The maximum atomic E-state index is 12.1. The summed E-state index contributed by atoms with van der Waals surface area (Å²) >= 11 is 0. The molecule has 0 aliphatic carbocycles. The average Bonchev–Trinajstić information content (AvgIpc) is 2.47. The Labute approximate surface area is 138 Å². The largest absolute Gasteiger partial charge is 0.573 e. The molecule has 2 amide bonds. The summed E-state index contributed by atoms with van der Waals surface area (Å²) in [4.78, 5) is 24.3. The van der Waals surface area contributed by atoms with E-state index < -0.39 is 12.4 Å². The number of rotatable bonds is 7. The Morgan fingerprint density at radius 1 is 1.25 bits per heavy atom. The van der Waals surface area contributed by atoms with Crippen molar-refractivity contribution in [3.8, 4) is 5.75 Å². The Kier molecular flexibility index (Phi) is 7.02. The topological polar surface area (TPSA) is 71.9 Å². The van der Waals surface area contributed by atoms with E-state index in [-0.39, 0.29) is 24.1 Å². The standard InChI is InChI=1S/C15H20F3N3O3/c1-4-19-14(23)10(2)21(3)9-13(22)20-11-5-7-12(8-6-11)24-15(16,17)18/h5-8,10H,4,9H2,1-3H3,(H,19,23)(H,20,22)/p+1/t10-/m0/s1. The van der Waals surface area contributed by atoms with Crippen LogP contribution in [0.5, 0.6) is 5.75 Å². The Hall–Kier alpha value is -2.29. The Morgan fingerprint density at radius 2 is 1.83 bits per heavy atom. The Bertz CT molecular complexity index is 561. The van der Waals surface area contributed by atoms with Gasteiger partial charge in [-0.1, -0.05) is 0 Å². The molecule has 0 radical (unpaired) electrons. The lowest BCUT2D eigenvalue weighted by molar-refractivity contribution is -0.885. The number of nitrogens with one attached hydrogen (secondary N) is 3. The van der Waals surface area contributed by atoms with Gasteiger partial charge in [0.2, 0.25) is 0 Å². The van der Waals surface area contributed by atoms with Gasteiger partial charge in [-0.15, -0.1) is 13.2 Å². The lowest BCUT2D eigenvalue weighted by Gasteiger charge is -2.20. The second kappa shape index (κ2) is 8.53. The summed E-state index contributed by atoms with van der Waals surface area (Å²) < 4.78 is 39.9. The van der Waals surface area contributed by atoms with Crippen molar-refractivity contribution in [3.05, 3.63) is 24.3 Å². The second-order valence-electron chi connectivity index (χ2n) is 5.26. The van der Waals surface area contributed by atoms with Crippen LogP contribution in [-0.4, -0.2) is 44.4 Å². The molecule has 1 unspecified atom stereocenters. The molecule has 9 heteroatoms. The first-order chi connectivity index (χ1) is 11.1. The zero-order valence-electron chi connectivity index (χ0n) is 13.7. The summed E-state index contributed by atoms with van der Waals surface area (Å²) in [5.41, 5.74) is 0.341. The minimum atomic E-state index is -4.76. The molecule has 0 fully saturated rings. The molecule has 0 heterocycles. The van der Waals surface area contributed by atoms with E-state index in [4.69, 9.17) is 0 Å². The first-order valence-corrected chi connectivity index (χ1v) is 7.38. The van der Waals surface area contributed by atoms with Crippen LogP contribution < -0.4 is 20.3 Å². The van der Waals surface area contributed by atoms with Crippen LogP contribution in [0.15, 0.2) is 24.3 Å². The summed E-state index contributed by atoms with van der Waals surface area (Å²) in [5.74, 6) is -0.877. The lowest BCUT2D eigenvalue weighted by atomic mass is 10.2. The quantitative estimate of drug-likeness (QED) is 0.674. The molecule has 0 bridgehead atoms. The molecule has 1 aromatic carbocycles. The third-order valence-electron chi connectivity index (χ3n) is 3.29. The van der Waals surface area contributed by atoms with Crippen molar-refractivity contribution in [2.24, 2.45) is 0 Å². The van der Waals surface area contributed by atoms with E-state index in [2.05, 4.69) is 15.4 Å². The number of likely N-dealkylation sites (N-methyl/N-ethyl adjacent to an activating group) is 2. The van der Waals surface area contributed by atoms with Gasteiger partial charge in [0.15, 0.2) is 12.6 Å². The highest BCUT2D eigenvalue weighted by atomic mass is 19.4. The third kappa shape index (κ3) is 6.86. The van der Waals surface area contributed by atoms with E-state index in [1.807, 2.05) is 0 Å². The van der Waals surface area contributed by atoms with E-state index >= 15 is 0 Å². The molecule has 0 spiro atoms. The van der Waals surface area contributed by atoms with Crippen LogP contribution >= 0.6 is 0 Å². The van der Waals surface area contributed by atoms with Crippen LogP contribution in [-0.2, 0) is 9.59 Å². The number of amides is 2. The molecule has 2 atom stereocenters. The second-order valence-corrected chi connectivity index (χ2v) is 5.26. The highest BCUT2D eigenvalue weighted by molar-refractivity contribution is 5.91. The fourth-order valence-electron chi connectivity index (χ4n) is 1.90. The van der Waals surface area contributed by atoms with Gasteiger partial charge >= 0.3 is 6.36 Å². The van der Waals surface area contributed by atoms with Crippen LogP contribution in [0.4, 0.5) is 18.9 Å². The van der Waals surface area contributed by atoms with Crippen molar-refractivity contribution < 1.29 is 32.4 Å². The van der Waals surface area contributed by atoms with Gasteiger partial charge in [0, 0.05) is 12.2 Å². The highest BCUT2D eigenvalue weighted by Gasteiger charge is 2.31. The number of carbonyl (C=O) groups excluding carboxylic acids is 2. The minimum absolute atomic E-state index is 0.0408. The fraction of sp³-hybridized carbons (Fsp3) is 0.467. The van der Waals surface area contributed by atoms with E-state index in [1.54, 1.807) is 20.9 Å². The van der Waals surface area contributed by atoms with Crippen molar-refractivity contribution in [1.82, 2.24) is 5.32 Å². The van der Waals surface area contributed by atoms with E-state index in [9.17, 15) is 22.8 Å². The molecule has 3 N–H and O–H groups in total. The van der Waals surface area contributed by atoms with Gasteiger partial charge in [-0.3, -0.25) is 9.59 Å². The molecule has 134 valence electrons. The molecule has 1 rings (SSSR count). The molecule has 0 saturated heterocycles. The van der Waals surface area contributed by atoms with Crippen molar-refractivity contribution >= 4 is 17.5 Å². The van der Waals surface area contributed by atoms with E-state index in [1.165, 1.54) is 12.1 Å². The number of hydrogen-bond acceptors (Lipinski definition) is 3. The predicted octanol–water partition coefficient (Wildman–Crippen LogP) is 0.563. The van der Waals surface area contributed by atoms with Gasteiger partial charge in [0.25, 0.3) is 11.8 Å². The Morgan fingerprint density at radius 3 is 2.33 bits per heavy atom. The average molecular weight is 348 g/mol. The number of halogens is 3. The highest BCUT2D eigenvalue weighted by Crippen LogP contribution is 2.23. The molecular weight excluding hydrogens is 327 g/mol. The van der Waals surface area contributed by atoms with Crippen LogP contribution in [0.1, 0.15) is 13.8 Å². The Balaban J connectivity index is 2.54. The molecule has 24 heavy (non-hydrogen) atoms. The number of ether oxygens (including phenoxy) is 1. The molecular formula is C15H21F3N3O3+. The normalized spacial score (nSPS) is 13.8. The zero-order valence-corrected chi connectivity index (χ0v) is 13.7. The molecule has 0 aliphatic heterocycles. The molecule has 1 aromatic rings. The SMILES string of the molecule is CCNC(=O)[C@H](C)[NH+](C)CC(=O)Nc1ccc(OC(F)(F)F)cc1. The van der Waals surface area contributed by atoms with E-state index in [0.717, 1.165) is 12.1 Å². The number of quaternary nitrogens is 1. The number of hydrogen-bond donors (Lipinski definition) is 3. The summed E-state index contributed by atoms with van der Waals surface area (Å²) in [6.45, 7) is 4.06. The summed E-state index contributed by atoms with van der Waals surface area (Å²) in [5, 5.41) is 5.24. The van der Waals surface area contributed by atoms with Gasteiger partial charge in [-0.05, 0) is 38.1 Å². The van der Waals surface area contributed by atoms with Gasteiger partial charge in [-0.2, -0.15) is 0 Å². The smallest absolute Gasteiger partial charge is 0.406 e. The van der Waals surface area contributed by atoms with Crippen LogP contribution in [0.25, 0.3) is 0 Å². The van der Waals surface area contributed by atoms with Crippen LogP contribution in [0.3, 0.4) is 0 Å². The minimum Gasteiger partial charge on any atom is -0.406 e. The number of carbonyl (C=O) groups is 2.